The Morgan fingerprint density at radius 2 is 2.07 bits per heavy atom. The molecular formula is C13H18O2. The molecular weight excluding hydrogens is 188 g/mol. The van der Waals surface area contributed by atoms with Gasteiger partial charge in [0.15, 0.2) is 0 Å². The molecule has 2 atom stereocenters. The fraction of sp³-hybridized carbons (Fsp3) is 0.462. The number of rotatable bonds is 4. The molecule has 0 aromatic heterocycles. The van der Waals surface area contributed by atoms with E-state index < -0.39 is 24.6 Å². The largest absolute Gasteiger partial charge is 0.481 e. The summed E-state index contributed by atoms with van der Waals surface area (Å²) in [5.41, 5.74) is 1.21. The van der Waals surface area contributed by atoms with Gasteiger partial charge in [-0.15, -0.1) is 0 Å². The van der Waals surface area contributed by atoms with Crippen LogP contribution >= 0.6 is 0 Å². The number of carboxylic acids is 1. The van der Waals surface area contributed by atoms with Crippen LogP contribution in [0.1, 0.15) is 43.2 Å². The van der Waals surface area contributed by atoms with E-state index in [1.807, 2.05) is 0 Å². The molecule has 0 amide bonds. The second-order valence-corrected chi connectivity index (χ2v) is 3.73. The molecule has 1 rings (SSSR count). The summed E-state index contributed by atoms with van der Waals surface area (Å²) in [6, 6.07) is 6.52. The van der Waals surface area contributed by atoms with Crippen LogP contribution in [-0.4, -0.2) is 11.1 Å². The first kappa shape index (κ1) is 7.04. The number of hydrogen-bond acceptors (Lipinski definition) is 1. The third kappa shape index (κ3) is 3.39. The first-order chi connectivity index (χ1) is 8.55. The Balaban J connectivity index is 2.86. The third-order valence-electron chi connectivity index (χ3n) is 2.25. The monoisotopic (exact) mass is 210 g/mol. The molecule has 1 aromatic rings. The average Bonchev–Trinajstić information content (AvgIpc) is 2.28. The molecule has 0 saturated carbocycles. The zero-order chi connectivity index (χ0) is 14.8. The average molecular weight is 210 g/mol. The summed E-state index contributed by atoms with van der Waals surface area (Å²) in [6.45, 7) is 0.978. The van der Waals surface area contributed by atoms with Crippen molar-refractivity contribution in [2.75, 3.05) is 0 Å². The Hall–Kier alpha value is -1.31. The number of carbonyl (C=O) groups is 1. The van der Waals surface area contributed by atoms with Crippen molar-refractivity contribution in [1.82, 2.24) is 0 Å². The van der Waals surface area contributed by atoms with Gasteiger partial charge in [0.2, 0.25) is 0 Å². The Kier molecular flexibility index (Phi) is 2.33. The Bertz CT molecular complexity index is 449. The Labute approximate surface area is 96.6 Å². The summed E-state index contributed by atoms with van der Waals surface area (Å²) in [6.07, 6.45) is 0.401. The summed E-state index contributed by atoms with van der Waals surface area (Å²) < 4.78 is 29.7. The van der Waals surface area contributed by atoms with E-state index in [4.69, 9.17) is 10.6 Å². The molecule has 82 valence electrons. The van der Waals surface area contributed by atoms with Crippen LogP contribution in [-0.2, 0) is 11.2 Å². The highest BCUT2D eigenvalue weighted by molar-refractivity contribution is 5.75. The van der Waals surface area contributed by atoms with E-state index in [1.54, 1.807) is 31.2 Å². The van der Waals surface area contributed by atoms with Crippen LogP contribution in [0.25, 0.3) is 0 Å². The van der Waals surface area contributed by atoms with E-state index >= 15 is 0 Å². The van der Waals surface area contributed by atoms with Gasteiger partial charge < -0.3 is 5.11 Å². The van der Waals surface area contributed by atoms with E-state index in [2.05, 4.69) is 0 Å². The molecule has 0 radical (unpaired) electrons. The maximum atomic E-state index is 11.0. The van der Waals surface area contributed by atoms with Crippen molar-refractivity contribution in [2.24, 2.45) is 5.92 Å². The fourth-order valence-electron chi connectivity index (χ4n) is 1.37. The molecule has 0 heterocycles. The minimum absolute atomic E-state index is 0.380. The fourth-order valence-corrected chi connectivity index (χ4v) is 1.37. The standard InChI is InChI=1S/C13H18O2/c1-9(2)8-11-4-6-12(7-5-11)10(3)13(14)15/h4-7,9-10H,8H2,1-3H3,(H,14,15)/i1D3,10D. The van der Waals surface area contributed by atoms with Crippen molar-refractivity contribution in [3.05, 3.63) is 35.4 Å². The SMILES string of the molecule is [2H]C(C)(C(=O)O)c1ccc(CC(C)C([2H])([2H])[2H])cc1. The Morgan fingerprint density at radius 3 is 2.53 bits per heavy atom. The van der Waals surface area contributed by atoms with Crippen molar-refractivity contribution in [3.8, 4) is 0 Å². The van der Waals surface area contributed by atoms with Gasteiger partial charge in [0.25, 0.3) is 0 Å². The van der Waals surface area contributed by atoms with Crippen LogP contribution < -0.4 is 0 Å². The molecule has 1 N–H and O–H groups in total. The molecule has 0 fully saturated rings. The highest BCUT2D eigenvalue weighted by Gasteiger charge is 2.12. The summed E-state index contributed by atoms with van der Waals surface area (Å²) in [5.74, 6) is -3.36. The van der Waals surface area contributed by atoms with Crippen LogP contribution in [0.2, 0.25) is 0 Å². The van der Waals surface area contributed by atoms with Crippen LogP contribution in [0.3, 0.4) is 0 Å². The Morgan fingerprint density at radius 1 is 1.47 bits per heavy atom. The maximum absolute atomic E-state index is 11.0. The predicted octanol–water partition coefficient (Wildman–Crippen LogP) is 3.07. The van der Waals surface area contributed by atoms with Gasteiger partial charge in [0.1, 0.15) is 0 Å². The zero-order valence-corrected chi connectivity index (χ0v) is 8.95. The van der Waals surface area contributed by atoms with Gasteiger partial charge in [-0.25, -0.2) is 0 Å². The van der Waals surface area contributed by atoms with E-state index in [0.29, 0.717) is 12.0 Å². The van der Waals surface area contributed by atoms with Crippen molar-refractivity contribution in [2.45, 2.75) is 33.0 Å². The van der Waals surface area contributed by atoms with E-state index in [9.17, 15) is 4.79 Å². The normalized spacial score (nSPS) is 21.5. The van der Waals surface area contributed by atoms with Crippen molar-refractivity contribution >= 4 is 5.97 Å². The van der Waals surface area contributed by atoms with Crippen molar-refractivity contribution in [3.63, 3.8) is 0 Å². The van der Waals surface area contributed by atoms with Gasteiger partial charge in [-0.1, -0.05) is 38.0 Å². The molecule has 0 aliphatic heterocycles. The van der Waals surface area contributed by atoms with E-state index in [1.165, 1.54) is 6.92 Å². The molecule has 0 bridgehead atoms. The van der Waals surface area contributed by atoms with E-state index in [0.717, 1.165) is 5.56 Å². The predicted molar refractivity (Wildman–Crippen MR) is 61.0 cm³/mol. The molecule has 0 aliphatic rings. The van der Waals surface area contributed by atoms with Gasteiger partial charge in [-0.05, 0) is 30.4 Å². The molecule has 2 nitrogen and oxygen atoms in total. The van der Waals surface area contributed by atoms with Crippen LogP contribution in [0.4, 0.5) is 0 Å². The van der Waals surface area contributed by atoms with Crippen LogP contribution in [0, 0.1) is 5.92 Å². The number of benzene rings is 1. The molecule has 0 spiro atoms. The van der Waals surface area contributed by atoms with Gasteiger partial charge >= 0.3 is 5.97 Å². The lowest BCUT2D eigenvalue weighted by molar-refractivity contribution is -0.138. The van der Waals surface area contributed by atoms with E-state index in [-0.39, 0.29) is 0 Å². The number of carboxylic acid groups (broad SMARTS) is 1. The third-order valence-corrected chi connectivity index (χ3v) is 2.25. The summed E-state index contributed by atoms with van der Waals surface area (Å²) in [4.78, 5) is 11.0. The first-order valence-electron chi connectivity index (χ1n) is 6.88. The molecule has 0 saturated heterocycles. The lowest BCUT2D eigenvalue weighted by Crippen LogP contribution is -2.07. The van der Waals surface area contributed by atoms with Gasteiger partial charge in [0, 0.05) is 5.48 Å². The quantitative estimate of drug-likeness (QED) is 0.829. The minimum atomic E-state index is -2.00. The summed E-state index contributed by atoms with van der Waals surface area (Å²) >= 11 is 0. The highest BCUT2D eigenvalue weighted by atomic mass is 16.4. The first-order valence-corrected chi connectivity index (χ1v) is 4.88. The highest BCUT2D eigenvalue weighted by Crippen LogP contribution is 2.17. The molecule has 0 aliphatic carbocycles. The van der Waals surface area contributed by atoms with Gasteiger partial charge in [0.05, 0.1) is 5.89 Å². The lowest BCUT2D eigenvalue weighted by Gasteiger charge is -2.09. The lowest BCUT2D eigenvalue weighted by atomic mass is 9.97. The zero-order valence-electron chi connectivity index (χ0n) is 12.9. The second-order valence-electron chi connectivity index (χ2n) is 3.73. The molecule has 1 aromatic carbocycles. The number of hydrogen-bond donors (Lipinski definition) is 1. The molecule has 15 heavy (non-hydrogen) atoms. The van der Waals surface area contributed by atoms with Crippen LogP contribution in [0.15, 0.2) is 24.3 Å². The van der Waals surface area contributed by atoms with Crippen molar-refractivity contribution in [1.29, 1.82) is 0 Å². The molecule has 2 heteroatoms. The second kappa shape index (κ2) is 4.96. The summed E-state index contributed by atoms with van der Waals surface area (Å²) in [5, 5.41) is 8.95. The van der Waals surface area contributed by atoms with Gasteiger partial charge in [-0.2, -0.15) is 0 Å². The van der Waals surface area contributed by atoms with Crippen LogP contribution in [0.5, 0.6) is 0 Å². The molecule has 2 unspecified atom stereocenters. The maximum Gasteiger partial charge on any atom is 0.310 e. The summed E-state index contributed by atoms with van der Waals surface area (Å²) in [7, 11) is 0. The van der Waals surface area contributed by atoms with Gasteiger partial charge in [-0.3, -0.25) is 4.79 Å². The minimum Gasteiger partial charge on any atom is -0.481 e. The topological polar surface area (TPSA) is 37.3 Å². The number of aliphatic carboxylic acids is 1. The van der Waals surface area contributed by atoms with Crippen molar-refractivity contribution < 1.29 is 15.4 Å². The smallest absolute Gasteiger partial charge is 0.310 e.